The van der Waals surface area contributed by atoms with E-state index in [-0.39, 0.29) is 5.56 Å². The van der Waals surface area contributed by atoms with Gasteiger partial charge in [-0.15, -0.1) is 0 Å². The summed E-state index contributed by atoms with van der Waals surface area (Å²) in [6, 6.07) is 17.9. The monoisotopic (exact) mass is 846 g/mol. The molecule has 0 fully saturated rings. The van der Waals surface area contributed by atoms with Crippen LogP contribution in [0.3, 0.4) is 0 Å². The van der Waals surface area contributed by atoms with E-state index in [2.05, 4.69) is 58.6 Å². The summed E-state index contributed by atoms with van der Waals surface area (Å²) in [6.45, 7) is 3.60. The average Bonchev–Trinajstić information content (AvgIpc) is 3.06. The van der Waals surface area contributed by atoms with Crippen LogP contribution in [-0.4, -0.2) is 29.5 Å². The highest BCUT2D eigenvalue weighted by Gasteiger charge is 2.18. The molecule has 0 atom stereocenters. The van der Waals surface area contributed by atoms with Gasteiger partial charge in [-0.3, -0.25) is 23.9 Å². The van der Waals surface area contributed by atoms with E-state index in [1.165, 1.54) is 4.57 Å². The first-order valence-corrected chi connectivity index (χ1v) is 20.4. The van der Waals surface area contributed by atoms with E-state index in [0.29, 0.717) is 53.7 Å². The minimum absolute atomic E-state index is 0.136. The molecule has 0 saturated heterocycles. The predicted octanol–water partition coefficient (Wildman–Crippen LogP) is 12.4. The number of nitrogens with zero attached hydrogens (tertiary/aromatic N) is 6. The van der Waals surface area contributed by atoms with Crippen LogP contribution in [-0.2, 0) is 11.6 Å². The molecule has 4 aromatic heterocycles. The molecule has 0 aliphatic heterocycles. The number of aromatic nitrogens is 6. The van der Waals surface area contributed by atoms with Gasteiger partial charge >= 0.3 is 5.20 Å². The van der Waals surface area contributed by atoms with Crippen LogP contribution < -0.4 is 5.56 Å². The zero-order valence-corrected chi connectivity index (χ0v) is 33.0. The van der Waals surface area contributed by atoms with Gasteiger partial charge in [0.15, 0.2) is 0 Å². The second kappa shape index (κ2) is 17.6. The van der Waals surface area contributed by atoms with Crippen LogP contribution in [0.15, 0.2) is 90.2 Å². The number of halogens is 8. The molecular weight excluding hydrogens is 827 g/mol. The van der Waals surface area contributed by atoms with Crippen molar-refractivity contribution in [2.45, 2.75) is 13.8 Å². The molecule has 0 aliphatic carbocycles. The van der Waals surface area contributed by atoms with E-state index in [9.17, 15) is 9.36 Å². The van der Waals surface area contributed by atoms with Crippen LogP contribution in [0.4, 0.5) is 0 Å². The summed E-state index contributed by atoms with van der Waals surface area (Å²) in [4.78, 5) is 34.2. The lowest BCUT2D eigenvalue weighted by atomic mass is 10.0. The molecule has 6 rings (SSSR count). The number of rotatable bonds is 4. The molecule has 258 valence electrons. The Bertz CT molecular complexity index is 2250. The molecule has 2 aromatic carbocycles. The maximum absolute atomic E-state index is 12.8. The smallest absolute Gasteiger partial charge is 0.299 e. The zero-order chi connectivity index (χ0) is 36.7. The van der Waals surface area contributed by atoms with E-state index in [0.717, 1.165) is 27.9 Å². The van der Waals surface area contributed by atoms with Gasteiger partial charge in [-0.1, -0.05) is 70.1 Å². The van der Waals surface area contributed by atoms with Crippen molar-refractivity contribution in [3.05, 3.63) is 133 Å². The summed E-state index contributed by atoms with van der Waals surface area (Å²) in [5.41, 5.74) is 5.63. The van der Waals surface area contributed by atoms with Gasteiger partial charge in [0.25, 0.3) is 5.56 Å². The molecule has 0 N–H and O–H groups in total. The standard InChI is InChI=1S/C17H13Cl2N3O.C16H10Cl3N3.Cl3OP/c1-10-21-16(11-5-7-20-8-6-11)15(17(23)22(10)2)12-3-4-13(18)14(19)9-12;1-9-21-15(10-4-6-20-7-5-10)14(16(19)22-9)11-2-3-12(17)13(18)8-11;1-5(2,3)4/h3-9H,1-2H3;2-8H,1H3;. The predicted molar refractivity (Wildman–Crippen MR) is 209 cm³/mol. The van der Waals surface area contributed by atoms with Gasteiger partial charge in [-0.2, -0.15) is 0 Å². The third-order valence-electron chi connectivity index (χ3n) is 6.82. The molecule has 0 aliphatic rings. The SMILES string of the molecule is Cc1nc(-c2ccncc2)c(-c2ccc(Cl)c(Cl)c2)c(=O)n1C.Cc1nc(Cl)c(-c2ccc(Cl)c(Cl)c2)c(-c2ccncc2)n1.O=P(Cl)(Cl)Cl. The van der Waals surface area contributed by atoms with Crippen molar-refractivity contribution in [1.82, 2.24) is 29.5 Å². The largest absolute Gasteiger partial charge is 0.339 e. The summed E-state index contributed by atoms with van der Waals surface area (Å²) < 4.78 is 11.0. The maximum Gasteiger partial charge on any atom is 0.339 e. The quantitative estimate of drug-likeness (QED) is 0.128. The Hall–Kier alpha value is -2.75. The highest BCUT2D eigenvalue weighted by Crippen LogP contribution is 2.61. The normalized spacial score (nSPS) is 10.9. The number of hydrogen-bond acceptors (Lipinski definition) is 7. The van der Waals surface area contributed by atoms with Crippen molar-refractivity contribution in [3.63, 3.8) is 0 Å². The molecule has 0 spiro atoms. The Morgan fingerprint density at radius 3 is 1.44 bits per heavy atom. The van der Waals surface area contributed by atoms with Gasteiger partial charge in [-0.25, -0.2) is 15.0 Å². The minimum Gasteiger partial charge on any atom is -0.299 e. The molecule has 0 amide bonds. The van der Waals surface area contributed by atoms with E-state index in [4.69, 9.17) is 58.0 Å². The maximum atomic E-state index is 12.8. The molecule has 8 nitrogen and oxygen atoms in total. The van der Waals surface area contributed by atoms with E-state index in [1.807, 2.05) is 30.3 Å². The first-order valence-electron chi connectivity index (χ1n) is 14.1. The summed E-state index contributed by atoms with van der Waals surface area (Å²) >= 11 is 44.4. The van der Waals surface area contributed by atoms with Gasteiger partial charge in [-0.05, 0) is 107 Å². The van der Waals surface area contributed by atoms with Gasteiger partial charge in [0.05, 0.1) is 37.0 Å². The van der Waals surface area contributed by atoms with Crippen molar-refractivity contribution in [2.75, 3.05) is 0 Å². The van der Waals surface area contributed by atoms with Crippen LogP contribution >= 0.6 is 96.9 Å². The molecule has 0 radical (unpaired) electrons. The minimum atomic E-state index is -3.22. The van der Waals surface area contributed by atoms with Crippen LogP contribution in [0, 0.1) is 13.8 Å². The average molecular weight is 850 g/mol. The van der Waals surface area contributed by atoms with Crippen molar-refractivity contribution in [3.8, 4) is 44.8 Å². The van der Waals surface area contributed by atoms with Crippen molar-refractivity contribution in [2.24, 2.45) is 7.05 Å². The van der Waals surface area contributed by atoms with Gasteiger partial charge in [0, 0.05) is 48.5 Å². The molecule has 17 heteroatoms. The topological polar surface area (TPSA) is 104 Å². The third kappa shape index (κ3) is 10.6. The summed E-state index contributed by atoms with van der Waals surface area (Å²) in [5, 5.41) is -1.07. The van der Waals surface area contributed by atoms with Crippen LogP contribution in [0.25, 0.3) is 44.8 Å². The highest BCUT2D eigenvalue weighted by atomic mass is 36.0. The Morgan fingerprint density at radius 2 is 1.00 bits per heavy atom. The van der Waals surface area contributed by atoms with Gasteiger partial charge < -0.3 is 0 Å². The number of hydrogen-bond donors (Lipinski definition) is 0. The molecule has 50 heavy (non-hydrogen) atoms. The second-order valence-electron chi connectivity index (χ2n) is 10.2. The van der Waals surface area contributed by atoms with Crippen LogP contribution in [0.5, 0.6) is 0 Å². The number of aryl methyl sites for hydroxylation is 2. The van der Waals surface area contributed by atoms with Crippen molar-refractivity contribution in [1.29, 1.82) is 0 Å². The van der Waals surface area contributed by atoms with E-state index < -0.39 is 5.20 Å². The van der Waals surface area contributed by atoms with E-state index >= 15 is 0 Å². The first-order chi connectivity index (χ1) is 23.5. The Kier molecular flexibility index (Phi) is 14.1. The number of pyridine rings is 2. The lowest BCUT2D eigenvalue weighted by Crippen LogP contribution is -2.23. The summed E-state index contributed by atoms with van der Waals surface area (Å²) in [7, 11) is 1.70. The fraction of sp³-hybridized carbons (Fsp3) is 0.0909. The van der Waals surface area contributed by atoms with Gasteiger partial charge in [0.2, 0.25) is 0 Å². The molecule has 0 unspecified atom stereocenters. The molecular formula is C33H23Cl8N6O2P. The number of benzene rings is 2. The highest BCUT2D eigenvalue weighted by molar-refractivity contribution is 8.24. The lowest BCUT2D eigenvalue weighted by molar-refractivity contribution is 0.600. The molecule has 6 aromatic rings. The van der Waals surface area contributed by atoms with Crippen molar-refractivity contribution >= 4 is 96.9 Å². The van der Waals surface area contributed by atoms with Crippen LogP contribution in [0.2, 0.25) is 25.2 Å². The Labute approximate surface area is 327 Å². The Morgan fingerprint density at radius 1 is 0.580 bits per heavy atom. The lowest BCUT2D eigenvalue weighted by Gasteiger charge is -2.13. The fourth-order valence-corrected chi connectivity index (χ4v) is 5.42. The third-order valence-corrected chi connectivity index (χ3v) is 8.57. The Balaban J connectivity index is 0.000000198. The van der Waals surface area contributed by atoms with Gasteiger partial charge in [0.1, 0.15) is 16.8 Å². The van der Waals surface area contributed by atoms with Crippen molar-refractivity contribution < 1.29 is 4.57 Å². The first kappa shape index (κ1) is 40.0. The summed E-state index contributed by atoms with van der Waals surface area (Å²) in [5.74, 6) is 1.23. The second-order valence-corrected chi connectivity index (χ2v) is 18.8. The van der Waals surface area contributed by atoms with E-state index in [1.54, 1.807) is 76.0 Å². The molecule has 0 bridgehead atoms. The fourth-order valence-electron chi connectivity index (χ4n) is 4.50. The van der Waals surface area contributed by atoms with Crippen LogP contribution in [0.1, 0.15) is 11.6 Å². The summed E-state index contributed by atoms with van der Waals surface area (Å²) in [6.07, 6.45) is 6.75. The zero-order valence-electron chi connectivity index (χ0n) is 26.1. The molecule has 0 saturated carbocycles. The molecule has 4 heterocycles.